The molecule has 0 aromatic rings. The van der Waals surface area contributed by atoms with E-state index in [1.165, 1.54) is 12.8 Å². The van der Waals surface area contributed by atoms with Crippen molar-refractivity contribution in [3.05, 3.63) is 0 Å². The highest BCUT2D eigenvalue weighted by atomic mass is 16.2. The minimum Gasteiger partial charge on any atom is -0.342 e. The lowest BCUT2D eigenvalue weighted by atomic mass is 9.71. The van der Waals surface area contributed by atoms with Gasteiger partial charge in [-0.25, -0.2) is 0 Å². The van der Waals surface area contributed by atoms with Gasteiger partial charge in [-0.1, -0.05) is 20.8 Å². The zero-order valence-electron chi connectivity index (χ0n) is 10.6. The number of rotatable bonds is 2. The fraction of sp³-hybridized carbons (Fsp3) is 0.929. The Hall–Kier alpha value is -0.530. The van der Waals surface area contributed by atoms with Crippen LogP contribution < -0.4 is 0 Å². The van der Waals surface area contributed by atoms with Crippen molar-refractivity contribution in [1.82, 2.24) is 4.90 Å². The zero-order chi connectivity index (χ0) is 11.4. The van der Waals surface area contributed by atoms with Crippen molar-refractivity contribution >= 4 is 5.91 Å². The summed E-state index contributed by atoms with van der Waals surface area (Å²) in [6.07, 6.45) is 2.77. The van der Waals surface area contributed by atoms with Crippen LogP contribution in [0.2, 0.25) is 0 Å². The van der Waals surface area contributed by atoms with Crippen LogP contribution in [0.5, 0.6) is 0 Å². The van der Waals surface area contributed by atoms with E-state index in [-0.39, 0.29) is 0 Å². The van der Waals surface area contributed by atoms with Crippen LogP contribution in [0.4, 0.5) is 0 Å². The molecule has 90 valence electrons. The Bertz CT molecular complexity index is 292. The highest BCUT2D eigenvalue weighted by Crippen LogP contribution is 2.52. The molecular weight excluding hydrogens is 198 g/mol. The van der Waals surface area contributed by atoms with Crippen molar-refractivity contribution in [1.29, 1.82) is 0 Å². The molecule has 4 rings (SSSR count). The molecule has 2 heteroatoms. The first-order chi connectivity index (χ1) is 7.58. The molecule has 16 heavy (non-hydrogen) atoms. The van der Waals surface area contributed by atoms with Crippen molar-refractivity contribution in [2.75, 3.05) is 13.1 Å². The Morgan fingerprint density at radius 1 is 1.19 bits per heavy atom. The summed E-state index contributed by atoms with van der Waals surface area (Å²) >= 11 is 0. The van der Waals surface area contributed by atoms with Gasteiger partial charge < -0.3 is 4.90 Å². The van der Waals surface area contributed by atoms with E-state index in [1.807, 2.05) is 0 Å². The molecule has 0 N–H and O–H groups in total. The summed E-state index contributed by atoms with van der Waals surface area (Å²) in [7, 11) is 0. The van der Waals surface area contributed by atoms with Crippen molar-refractivity contribution in [2.24, 2.45) is 35.5 Å². The maximum Gasteiger partial charge on any atom is 0.226 e. The lowest BCUT2D eigenvalue weighted by Crippen LogP contribution is -2.51. The predicted octanol–water partition coefficient (Wildman–Crippen LogP) is 2.39. The number of hydrogen-bond donors (Lipinski definition) is 0. The molecular formula is C14H23NO. The van der Waals surface area contributed by atoms with Gasteiger partial charge in [-0.15, -0.1) is 0 Å². The van der Waals surface area contributed by atoms with Gasteiger partial charge in [-0.05, 0) is 42.4 Å². The van der Waals surface area contributed by atoms with Crippen LogP contribution in [0.1, 0.15) is 33.6 Å². The Kier molecular flexibility index (Phi) is 2.31. The average Bonchev–Trinajstić information content (AvgIpc) is 2.88. The van der Waals surface area contributed by atoms with Gasteiger partial charge in [0.05, 0.1) is 0 Å². The Morgan fingerprint density at radius 2 is 1.75 bits per heavy atom. The topological polar surface area (TPSA) is 20.3 Å². The van der Waals surface area contributed by atoms with Gasteiger partial charge >= 0.3 is 0 Å². The van der Waals surface area contributed by atoms with E-state index >= 15 is 0 Å². The quantitative estimate of drug-likeness (QED) is 0.701. The third-order valence-electron chi connectivity index (χ3n) is 5.10. The lowest BCUT2D eigenvalue weighted by molar-refractivity contribution is -0.139. The number of carbonyl (C=O) groups excluding carboxylic acids is 1. The second-order valence-corrected chi connectivity index (χ2v) is 6.65. The molecule has 2 aliphatic carbocycles. The van der Waals surface area contributed by atoms with Crippen LogP contribution in [0.25, 0.3) is 0 Å². The monoisotopic (exact) mass is 221 g/mol. The first-order valence-electron chi connectivity index (χ1n) is 6.86. The van der Waals surface area contributed by atoms with Gasteiger partial charge in [-0.3, -0.25) is 4.79 Å². The van der Waals surface area contributed by atoms with Crippen LogP contribution >= 0.6 is 0 Å². The van der Waals surface area contributed by atoms with E-state index < -0.39 is 0 Å². The summed E-state index contributed by atoms with van der Waals surface area (Å²) in [5.74, 6) is 4.47. The number of hydrogen-bond acceptors (Lipinski definition) is 1. The fourth-order valence-electron chi connectivity index (χ4n) is 4.17. The van der Waals surface area contributed by atoms with Gasteiger partial charge in [0, 0.05) is 19.0 Å². The fourth-order valence-corrected chi connectivity index (χ4v) is 4.17. The van der Waals surface area contributed by atoms with E-state index in [2.05, 4.69) is 25.7 Å². The van der Waals surface area contributed by atoms with Crippen LogP contribution in [0, 0.1) is 35.5 Å². The third-order valence-corrected chi connectivity index (χ3v) is 5.10. The third kappa shape index (κ3) is 1.49. The number of fused-ring (bicyclic) bond motifs is 2. The standard InChI is InChI=1S/C14H23NO/c1-8(2)12-9(3)13(12)14(16)15-6-10-4-11(5-10)7-15/h8-13H,4-7H2,1-3H3. The van der Waals surface area contributed by atoms with Crippen LogP contribution in [0.15, 0.2) is 0 Å². The van der Waals surface area contributed by atoms with Crippen molar-refractivity contribution in [3.63, 3.8) is 0 Å². The van der Waals surface area contributed by atoms with Gasteiger partial charge in [0.1, 0.15) is 0 Å². The molecule has 2 saturated carbocycles. The molecule has 2 saturated heterocycles. The Labute approximate surface area is 98.4 Å². The van der Waals surface area contributed by atoms with E-state index in [9.17, 15) is 4.79 Å². The summed E-state index contributed by atoms with van der Waals surface area (Å²) in [5.41, 5.74) is 0. The second kappa shape index (κ2) is 3.48. The number of carbonyl (C=O) groups is 1. The summed E-state index contributed by atoms with van der Waals surface area (Å²) in [6.45, 7) is 8.87. The van der Waals surface area contributed by atoms with E-state index in [4.69, 9.17) is 0 Å². The van der Waals surface area contributed by atoms with Gasteiger partial charge in [0.2, 0.25) is 5.91 Å². The van der Waals surface area contributed by atoms with E-state index in [1.54, 1.807) is 0 Å². The van der Waals surface area contributed by atoms with Crippen LogP contribution in [-0.4, -0.2) is 23.9 Å². The van der Waals surface area contributed by atoms with Gasteiger partial charge in [-0.2, -0.15) is 0 Å². The molecule has 2 nitrogen and oxygen atoms in total. The number of amides is 1. The van der Waals surface area contributed by atoms with Gasteiger partial charge in [0.15, 0.2) is 0 Å². The molecule has 2 heterocycles. The molecule has 1 amide bonds. The van der Waals surface area contributed by atoms with E-state index in [0.717, 1.165) is 24.9 Å². The van der Waals surface area contributed by atoms with Crippen LogP contribution in [-0.2, 0) is 4.79 Å². The first-order valence-corrected chi connectivity index (χ1v) is 6.86. The highest BCUT2D eigenvalue weighted by Gasteiger charge is 2.55. The molecule has 4 aliphatic rings. The second-order valence-electron chi connectivity index (χ2n) is 6.65. The smallest absolute Gasteiger partial charge is 0.226 e. The normalized spacial score (nSPS) is 45.5. The molecule has 4 fully saturated rings. The number of piperidine rings is 2. The molecule has 2 aliphatic heterocycles. The predicted molar refractivity (Wildman–Crippen MR) is 63.8 cm³/mol. The largest absolute Gasteiger partial charge is 0.342 e. The summed E-state index contributed by atoms with van der Waals surface area (Å²) in [4.78, 5) is 14.6. The molecule has 3 atom stereocenters. The van der Waals surface area contributed by atoms with Crippen LogP contribution in [0.3, 0.4) is 0 Å². The van der Waals surface area contributed by atoms with Crippen molar-refractivity contribution in [2.45, 2.75) is 33.6 Å². The minimum atomic E-state index is 0.359. The Balaban J connectivity index is 1.62. The number of nitrogens with zero attached hydrogens (tertiary/aromatic N) is 1. The van der Waals surface area contributed by atoms with E-state index in [0.29, 0.717) is 29.6 Å². The minimum absolute atomic E-state index is 0.359. The Morgan fingerprint density at radius 3 is 2.19 bits per heavy atom. The van der Waals surface area contributed by atoms with Crippen molar-refractivity contribution in [3.8, 4) is 0 Å². The SMILES string of the molecule is CC(C)C1C(C)C1C(=O)N1CC2CC(C2)C1. The lowest BCUT2D eigenvalue weighted by Gasteiger charge is -2.47. The summed E-state index contributed by atoms with van der Waals surface area (Å²) in [6, 6.07) is 0. The molecule has 0 radical (unpaired) electrons. The molecule has 3 unspecified atom stereocenters. The molecule has 0 aromatic carbocycles. The zero-order valence-corrected chi connectivity index (χ0v) is 10.6. The van der Waals surface area contributed by atoms with Crippen molar-refractivity contribution < 1.29 is 4.79 Å². The molecule has 0 spiro atoms. The summed E-state index contributed by atoms with van der Waals surface area (Å²) in [5, 5.41) is 0. The summed E-state index contributed by atoms with van der Waals surface area (Å²) < 4.78 is 0. The molecule has 2 bridgehead atoms. The maximum atomic E-state index is 12.4. The van der Waals surface area contributed by atoms with Gasteiger partial charge in [0.25, 0.3) is 0 Å². The highest BCUT2D eigenvalue weighted by molar-refractivity contribution is 5.82. The average molecular weight is 221 g/mol. The molecule has 0 aromatic heterocycles. The maximum absolute atomic E-state index is 12.4. The first kappa shape index (κ1) is 10.6.